The highest BCUT2D eigenvalue weighted by atomic mass is 16.5. The summed E-state index contributed by atoms with van der Waals surface area (Å²) in [5, 5.41) is 12.9. The Labute approximate surface area is 208 Å². The number of hydrogen-bond acceptors (Lipinski definition) is 7. The van der Waals surface area contributed by atoms with Crippen molar-refractivity contribution in [3.8, 4) is 5.75 Å². The number of carbonyl (C=O) groups excluding carboxylic acids is 3. The van der Waals surface area contributed by atoms with E-state index in [-0.39, 0.29) is 24.7 Å². The number of hydrogen-bond donors (Lipinski definition) is 2. The van der Waals surface area contributed by atoms with Gasteiger partial charge in [0.05, 0.1) is 23.4 Å². The summed E-state index contributed by atoms with van der Waals surface area (Å²) in [6.07, 6.45) is 3.99. The van der Waals surface area contributed by atoms with E-state index >= 15 is 0 Å². The van der Waals surface area contributed by atoms with Crippen molar-refractivity contribution in [2.75, 3.05) is 19.8 Å². The summed E-state index contributed by atoms with van der Waals surface area (Å²) in [6, 6.07) is 14.3. The minimum Gasteiger partial charge on any atom is -0.508 e. The Balaban J connectivity index is 1.49. The number of nitrogens with zero attached hydrogens (tertiary/aromatic N) is 1. The molecule has 186 valence electrons. The van der Waals surface area contributed by atoms with Crippen LogP contribution in [0.4, 0.5) is 0 Å². The molecule has 1 aliphatic rings. The zero-order valence-corrected chi connectivity index (χ0v) is 20.1. The smallest absolute Gasteiger partial charge is 0.339 e. The topological polar surface area (TPSA) is 115 Å². The molecule has 8 nitrogen and oxygen atoms in total. The van der Waals surface area contributed by atoms with Gasteiger partial charge in [0.2, 0.25) is 0 Å². The molecule has 1 heterocycles. The molecule has 0 unspecified atom stereocenters. The van der Waals surface area contributed by atoms with E-state index in [1.807, 2.05) is 42.5 Å². The first-order valence-corrected chi connectivity index (χ1v) is 12.0. The average Bonchev–Trinajstić information content (AvgIpc) is 3.27. The summed E-state index contributed by atoms with van der Waals surface area (Å²) in [6.45, 7) is 1.93. The number of aromatic nitrogens is 1. The van der Waals surface area contributed by atoms with Crippen LogP contribution in [-0.4, -0.2) is 47.7 Å². The first-order chi connectivity index (χ1) is 17.5. The molecule has 0 saturated heterocycles. The van der Waals surface area contributed by atoms with Gasteiger partial charge in [-0.15, -0.1) is 0 Å². The molecule has 2 aromatic carbocycles. The van der Waals surface area contributed by atoms with Gasteiger partial charge in [-0.3, -0.25) is 9.59 Å². The fourth-order valence-corrected chi connectivity index (χ4v) is 4.23. The lowest BCUT2D eigenvalue weighted by Crippen LogP contribution is -2.30. The van der Waals surface area contributed by atoms with Crippen LogP contribution in [0.25, 0.3) is 22.6 Å². The number of ether oxygens (including phenoxy) is 2. The maximum absolute atomic E-state index is 13.2. The van der Waals surface area contributed by atoms with Gasteiger partial charge in [-0.25, -0.2) is 9.78 Å². The number of pyridine rings is 1. The lowest BCUT2D eigenvalue weighted by Gasteiger charge is -2.12. The Morgan fingerprint density at radius 3 is 2.61 bits per heavy atom. The van der Waals surface area contributed by atoms with Crippen LogP contribution in [0, 0.1) is 0 Å². The molecule has 0 aliphatic heterocycles. The molecule has 1 aromatic heterocycles. The SMILES string of the molecule is CCOC(=O)CCCNC(=O)COC(=O)c1c2c(nc3ccccc13)C(=Cc1ccc(O)cc1)CC2. The number of esters is 2. The number of carbonyl (C=O) groups is 3. The molecule has 1 amide bonds. The van der Waals surface area contributed by atoms with Crippen LogP contribution in [-0.2, 0) is 25.5 Å². The van der Waals surface area contributed by atoms with E-state index in [0.29, 0.717) is 42.3 Å². The summed E-state index contributed by atoms with van der Waals surface area (Å²) >= 11 is 0. The summed E-state index contributed by atoms with van der Waals surface area (Å²) in [4.78, 5) is 41.6. The molecule has 2 N–H and O–H groups in total. The van der Waals surface area contributed by atoms with Crippen molar-refractivity contribution in [2.45, 2.75) is 32.6 Å². The summed E-state index contributed by atoms with van der Waals surface area (Å²) < 4.78 is 10.2. The second-order valence-electron chi connectivity index (χ2n) is 8.43. The average molecular weight is 489 g/mol. The summed E-state index contributed by atoms with van der Waals surface area (Å²) in [5.74, 6) is -1.12. The predicted molar refractivity (Wildman–Crippen MR) is 135 cm³/mol. The van der Waals surface area contributed by atoms with Crippen molar-refractivity contribution in [3.05, 3.63) is 70.9 Å². The second-order valence-corrected chi connectivity index (χ2v) is 8.43. The van der Waals surface area contributed by atoms with E-state index in [4.69, 9.17) is 14.5 Å². The predicted octanol–water partition coefficient (Wildman–Crippen LogP) is 4.04. The van der Waals surface area contributed by atoms with Gasteiger partial charge in [0, 0.05) is 18.4 Å². The number of para-hydroxylation sites is 1. The Morgan fingerprint density at radius 2 is 1.83 bits per heavy atom. The number of fused-ring (bicyclic) bond motifs is 2. The molecule has 3 aromatic rings. The van der Waals surface area contributed by atoms with Gasteiger partial charge in [0.1, 0.15) is 5.75 Å². The van der Waals surface area contributed by atoms with E-state index in [0.717, 1.165) is 22.4 Å². The van der Waals surface area contributed by atoms with Crippen molar-refractivity contribution >= 4 is 40.4 Å². The first-order valence-electron chi connectivity index (χ1n) is 12.0. The molecule has 8 heteroatoms. The largest absolute Gasteiger partial charge is 0.508 e. The molecule has 0 saturated carbocycles. The highest BCUT2D eigenvalue weighted by Crippen LogP contribution is 2.37. The summed E-state index contributed by atoms with van der Waals surface area (Å²) in [5.41, 5.74) is 4.57. The molecule has 0 radical (unpaired) electrons. The highest BCUT2D eigenvalue weighted by Gasteiger charge is 2.28. The first kappa shape index (κ1) is 24.9. The van der Waals surface area contributed by atoms with Gasteiger partial charge in [0.15, 0.2) is 6.61 Å². The molecule has 0 atom stereocenters. The molecular weight excluding hydrogens is 460 g/mol. The molecule has 36 heavy (non-hydrogen) atoms. The molecule has 4 rings (SSSR count). The number of nitrogens with one attached hydrogen (secondary N) is 1. The minimum absolute atomic E-state index is 0.196. The van der Waals surface area contributed by atoms with E-state index in [9.17, 15) is 19.5 Å². The second kappa shape index (κ2) is 11.5. The zero-order chi connectivity index (χ0) is 25.5. The molecule has 0 bridgehead atoms. The Hall–Kier alpha value is -4.20. The van der Waals surface area contributed by atoms with Crippen LogP contribution in [0.15, 0.2) is 48.5 Å². The third-order valence-electron chi connectivity index (χ3n) is 5.90. The van der Waals surface area contributed by atoms with Crippen molar-refractivity contribution in [3.63, 3.8) is 0 Å². The Kier molecular flexibility index (Phi) is 7.95. The van der Waals surface area contributed by atoms with Gasteiger partial charge >= 0.3 is 11.9 Å². The third kappa shape index (κ3) is 5.89. The van der Waals surface area contributed by atoms with Crippen molar-refractivity contribution in [1.82, 2.24) is 10.3 Å². The normalized spacial score (nSPS) is 13.4. The Morgan fingerprint density at radius 1 is 1.06 bits per heavy atom. The van der Waals surface area contributed by atoms with Crippen molar-refractivity contribution in [1.29, 1.82) is 0 Å². The van der Waals surface area contributed by atoms with Gasteiger partial charge in [0.25, 0.3) is 5.91 Å². The number of phenols is 1. The van der Waals surface area contributed by atoms with Crippen molar-refractivity contribution < 1.29 is 29.0 Å². The van der Waals surface area contributed by atoms with Crippen molar-refractivity contribution in [2.24, 2.45) is 0 Å². The standard InChI is InChI=1S/C28H28N2O6/c1-2-35-25(33)8-5-15-29-24(32)17-36-28(34)26-21-6-3-4-7-23(21)30-27-19(11-14-22(26)27)16-18-9-12-20(31)13-10-18/h3-4,6-7,9-10,12-13,16,31H,2,5,8,11,14-15,17H2,1H3,(H,29,32). The fraction of sp³-hybridized carbons (Fsp3) is 0.286. The van der Waals surface area contributed by atoms with Crippen LogP contribution in [0.5, 0.6) is 5.75 Å². The number of amides is 1. The van der Waals surface area contributed by atoms with Crippen LogP contribution >= 0.6 is 0 Å². The zero-order valence-electron chi connectivity index (χ0n) is 20.1. The van der Waals surface area contributed by atoms with Gasteiger partial charge in [-0.05, 0) is 67.2 Å². The van der Waals surface area contributed by atoms with Gasteiger partial charge in [-0.1, -0.05) is 30.3 Å². The number of rotatable bonds is 9. The maximum atomic E-state index is 13.2. The van der Waals surface area contributed by atoms with E-state index in [2.05, 4.69) is 5.32 Å². The highest BCUT2D eigenvalue weighted by molar-refractivity contribution is 6.07. The van der Waals surface area contributed by atoms with Crippen LogP contribution in [0.2, 0.25) is 0 Å². The quantitative estimate of drug-likeness (QED) is 0.345. The number of phenolic OH excluding ortho intramolecular Hbond substituents is 1. The van der Waals surface area contributed by atoms with E-state index < -0.39 is 18.5 Å². The molecule has 0 spiro atoms. The monoisotopic (exact) mass is 488 g/mol. The molecule has 0 fully saturated rings. The fourth-order valence-electron chi connectivity index (χ4n) is 4.23. The third-order valence-corrected chi connectivity index (χ3v) is 5.90. The molecule has 1 aliphatic carbocycles. The lowest BCUT2D eigenvalue weighted by molar-refractivity contribution is -0.143. The van der Waals surface area contributed by atoms with E-state index in [1.165, 1.54) is 0 Å². The summed E-state index contributed by atoms with van der Waals surface area (Å²) in [7, 11) is 0. The van der Waals surface area contributed by atoms with Crippen LogP contribution in [0.3, 0.4) is 0 Å². The number of benzene rings is 2. The van der Waals surface area contributed by atoms with E-state index in [1.54, 1.807) is 19.1 Å². The lowest BCUT2D eigenvalue weighted by atomic mass is 10.0. The Bertz CT molecular complexity index is 1310. The minimum atomic E-state index is -0.572. The van der Waals surface area contributed by atoms with Crippen LogP contribution < -0.4 is 5.32 Å². The number of aromatic hydroxyl groups is 1. The molecular formula is C28H28N2O6. The maximum Gasteiger partial charge on any atom is 0.339 e. The van der Waals surface area contributed by atoms with Crippen LogP contribution in [0.1, 0.15) is 53.4 Å². The van der Waals surface area contributed by atoms with Gasteiger partial charge < -0.3 is 19.9 Å². The van der Waals surface area contributed by atoms with Gasteiger partial charge in [-0.2, -0.15) is 0 Å². The number of allylic oxidation sites excluding steroid dienone is 1.